The minimum atomic E-state index is -1.07. The molecule has 7 heteroatoms. The molecule has 1 fully saturated rings. The molecule has 1 aliphatic rings. The molecule has 0 radical (unpaired) electrons. The Labute approximate surface area is 103 Å². The van der Waals surface area contributed by atoms with Crippen molar-refractivity contribution in [3.05, 3.63) is 12.2 Å². The number of carbonyl (C=O) groups is 2. The number of thiocarbonyl (C=S) groups is 1. The van der Waals surface area contributed by atoms with Crippen LogP contribution in [0.3, 0.4) is 0 Å². The number of hydrogen-bond acceptors (Lipinski definition) is 5. The van der Waals surface area contributed by atoms with E-state index < -0.39 is 12.1 Å². The molecule has 0 aromatic rings. The van der Waals surface area contributed by atoms with E-state index in [1.165, 1.54) is 16.7 Å². The number of rotatable bonds is 3. The third-order valence-corrected chi connectivity index (χ3v) is 3.40. The predicted octanol–water partition coefficient (Wildman–Crippen LogP) is -0.176. The van der Waals surface area contributed by atoms with Gasteiger partial charge in [0.15, 0.2) is 6.17 Å². The number of amides is 2. The highest BCUT2D eigenvalue weighted by molar-refractivity contribution is 8.23. The maximum atomic E-state index is 11.8. The Bertz CT molecular complexity index is 357. The molecule has 2 amide bonds. The third-order valence-electron chi connectivity index (χ3n) is 1.97. The van der Waals surface area contributed by atoms with Gasteiger partial charge in [0.2, 0.25) is 5.91 Å². The first-order chi connectivity index (χ1) is 7.43. The van der Waals surface area contributed by atoms with Gasteiger partial charge in [-0.25, -0.2) is 0 Å². The van der Waals surface area contributed by atoms with Gasteiger partial charge in [0.25, 0.3) is 5.91 Å². The van der Waals surface area contributed by atoms with E-state index in [1.807, 2.05) is 0 Å². The predicted molar refractivity (Wildman–Crippen MR) is 67.7 cm³/mol. The molecule has 5 nitrogen and oxygen atoms in total. The zero-order chi connectivity index (χ0) is 12.3. The van der Waals surface area contributed by atoms with Crippen molar-refractivity contribution in [2.75, 3.05) is 12.3 Å². The van der Waals surface area contributed by atoms with Crippen LogP contribution in [-0.4, -0.2) is 39.5 Å². The van der Waals surface area contributed by atoms with Crippen molar-refractivity contribution in [1.82, 2.24) is 10.2 Å². The van der Waals surface area contributed by atoms with E-state index in [2.05, 4.69) is 11.9 Å². The summed E-state index contributed by atoms with van der Waals surface area (Å²) in [4.78, 5) is 24.4. The highest BCUT2D eigenvalue weighted by Crippen LogP contribution is 2.18. The lowest BCUT2D eigenvalue weighted by Crippen LogP contribution is -2.53. The molecule has 1 heterocycles. The van der Waals surface area contributed by atoms with Gasteiger partial charge >= 0.3 is 0 Å². The quantitative estimate of drug-likeness (QED) is 0.418. The normalized spacial score (nSPS) is 17.1. The van der Waals surface area contributed by atoms with E-state index in [-0.39, 0.29) is 5.91 Å². The van der Waals surface area contributed by atoms with Crippen molar-refractivity contribution in [2.24, 2.45) is 5.73 Å². The van der Waals surface area contributed by atoms with Crippen molar-refractivity contribution >= 4 is 40.1 Å². The summed E-state index contributed by atoms with van der Waals surface area (Å²) in [5.74, 6) is -0.0469. The fraction of sp³-hybridized carbons (Fsp3) is 0.444. The summed E-state index contributed by atoms with van der Waals surface area (Å²) in [6, 6.07) is 0. The molecule has 0 bridgehead atoms. The summed E-state index contributed by atoms with van der Waals surface area (Å²) in [7, 11) is 0. The van der Waals surface area contributed by atoms with Crippen LogP contribution in [0.2, 0.25) is 0 Å². The van der Waals surface area contributed by atoms with Crippen molar-refractivity contribution in [1.29, 1.82) is 0 Å². The number of nitrogens with zero attached hydrogens (tertiary/aromatic N) is 1. The number of hydrogen-bond donors (Lipinski definition) is 2. The van der Waals surface area contributed by atoms with Gasteiger partial charge in [-0.2, -0.15) is 0 Å². The largest absolute Gasteiger partial charge is 0.329 e. The Morgan fingerprint density at radius 1 is 1.69 bits per heavy atom. The van der Waals surface area contributed by atoms with Crippen molar-refractivity contribution in [2.45, 2.75) is 13.1 Å². The van der Waals surface area contributed by atoms with Crippen LogP contribution in [0.5, 0.6) is 0 Å². The molecular weight excluding hydrogens is 246 g/mol. The molecule has 1 atom stereocenters. The fourth-order valence-corrected chi connectivity index (χ4v) is 2.30. The topological polar surface area (TPSA) is 75.4 Å². The second-order valence-corrected chi connectivity index (χ2v) is 5.06. The third kappa shape index (κ3) is 3.03. The van der Waals surface area contributed by atoms with Crippen LogP contribution in [0.4, 0.5) is 0 Å². The SMILES string of the molecule is C=C(C)C(=O)NC(N)C(=O)N1CCSC1=S. The van der Waals surface area contributed by atoms with Crippen molar-refractivity contribution < 1.29 is 9.59 Å². The number of thioether (sulfide) groups is 1. The first-order valence-corrected chi connectivity index (χ1v) is 6.03. The molecule has 0 spiro atoms. The van der Waals surface area contributed by atoms with E-state index >= 15 is 0 Å². The number of nitrogens with two attached hydrogens (primary N) is 1. The number of nitrogens with one attached hydrogen (secondary N) is 1. The molecule has 0 saturated carbocycles. The van der Waals surface area contributed by atoms with E-state index in [0.29, 0.717) is 16.4 Å². The van der Waals surface area contributed by atoms with E-state index in [1.54, 1.807) is 6.92 Å². The van der Waals surface area contributed by atoms with Crippen molar-refractivity contribution in [3.63, 3.8) is 0 Å². The molecule has 1 unspecified atom stereocenters. The van der Waals surface area contributed by atoms with Crippen LogP contribution < -0.4 is 11.1 Å². The second kappa shape index (κ2) is 5.42. The van der Waals surface area contributed by atoms with Gasteiger partial charge in [0, 0.05) is 17.9 Å². The molecule has 0 aromatic carbocycles. The van der Waals surface area contributed by atoms with Gasteiger partial charge in [-0.3, -0.25) is 14.5 Å². The summed E-state index contributed by atoms with van der Waals surface area (Å²) >= 11 is 6.41. The maximum Gasteiger partial charge on any atom is 0.265 e. The summed E-state index contributed by atoms with van der Waals surface area (Å²) in [5.41, 5.74) is 5.87. The average molecular weight is 259 g/mol. The van der Waals surface area contributed by atoms with Gasteiger partial charge in [-0.05, 0) is 6.92 Å². The Balaban J connectivity index is 2.57. The van der Waals surface area contributed by atoms with Crippen LogP contribution in [0.15, 0.2) is 12.2 Å². The molecule has 1 saturated heterocycles. The lowest BCUT2D eigenvalue weighted by molar-refractivity contribution is -0.131. The first kappa shape index (κ1) is 13.1. The second-order valence-electron chi connectivity index (χ2n) is 3.34. The first-order valence-electron chi connectivity index (χ1n) is 4.63. The minimum Gasteiger partial charge on any atom is -0.329 e. The summed E-state index contributed by atoms with van der Waals surface area (Å²) < 4.78 is 0.505. The lowest BCUT2D eigenvalue weighted by Gasteiger charge is -2.20. The van der Waals surface area contributed by atoms with Crippen LogP contribution in [0.1, 0.15) is 6.92 Å². The van der Waals surface area contributed by atoms with E-state index in [0.717, 1.165) is 5.75 Å². The highest BCUT2D eigenvalue weighted by atomic mass is 32.2. The molecule has 1 rings (SSSR count). The molecule has 1 aliphatic heterocycles. The Morgan fingerprint density at radius 2 is 2.31 bits per heavy atom. The van der Waals surface area contributed by atoms with Gasteiger partial charge in [-0.15, -0.1) is 0 Å². The average Bonchev–Trinajstić information content (AvgIpc) is 2.62. The van der Waals surface area contributed by atoms with Crippen molar-refractivity contribution in [3.8, 4) is 0 Å². The Kier molecular flexibility index (Phi) is 4.45. The van der Waals surface area contributed by atoms with Gasteiger partial charge in [0.05, 0.1) is 0 Å². The van der Waals surface area contributed by atoms with Crippen LogP contribution in [0, 0.1) is 0 Å². The summed E-state index contributed by atoms with van der Waals surface area (Å²) in [5, 5.41) is 2.36. The standard InChI is InChI=1S/C9H13N3O2S2/c1-5(2)7(13)11-6(10)8(14)12-3-4-16-9(12)15/h6H,1,3-4,10H2,2H3,(H,11,13). The maximum absolute atomic E-state index is 11.8. The Morgan fingerprint density at radius 3 is 2.75 bits per heavy atom. The van der Waals surface area contributed by atoms with E-state index in [4.69, 9.17) is 18.0 Å². The molecular formula is C9H13N3O2S2. The molecule has 88 valence electrons. The molecule has 16 heavy (non-hydrogen) atoms. The van der Waals surface area contributed by atoms with Gasteiger partial charge < -0.3 is 11.1 Å². The van der Waals surface area contributed by atoms with Crippen LogP contribution in [-0.2, 0) is 9.59 Å². The molecule has 3 N–H and O–H groups in total. The van der Waals surface area contributed by atoms with Gasteiger partial charge in [0.1, 0.15) is 4.32 Å². The summed E-state index contributed by atoms with van der Waals surface area (Å²) in [6.07, 6.45) is -1.07. The molecule has 0 aliphatic carbocycles. The monoisotopic (exact) mass is 259 g/mol. The zero-order valence-corrected chi connectivity index (χ0v) is 10.5. The lowest BCUT2D eigenvalue weighted by atomic mass is 10.3. The number of carbonyl (C=O) groups excluding carboxylic acids is 2. The minimum absolute atomic E-state index is 0.307. The van der Waals surface area contributed by atoms with E-state index in [9.17, 15) is 9.59 Å². The van der Waals surface area contributed by atoms with Gasteiger partial charge in [-0.1, -0.05) is 30.6 Å². The smallest absolute Gasteiger partial charge is 0.265 e. The highest BCUT2D eigenvalue weighted by Gasteiger charge is 2.29. The van der Waals surface area contributed by atoms with Crippen LogP contribution >= 0.6 is 24.0 Å². The molecule has 0 aromatic heterocycles. The summed E-state index contributed by atoms with van der Waals surface area (Å²) in [6.45, 7) is 5.54. The van der Waals surface area contributed by atoms with Crippen LogP contribution in [0.25, 0.3) is 0 Å². The Hall–Kier alpha value is -0.920. The zero-order valence-electron chi connectivity index (χ0n) is 8.86. The fourth-order valence-electron chi connectivity index (χ4n) is 1.09.